The van der Waals surface area contributed by atoms with Crippen molar-refractivity contribution in [2.75, 3.05) is 5.32 Å². The van der Waals surface area contributed by atoms with Crippen molar-refractivity contribution in [2.24, 2.45) is 0 Å². The third kappa shape index (κ3) is 3.82. The van der Waals surface area contributed by atoms with Gasteiger partial charge < -0.3 is 5.32 Å². The van der Waals surface area contributed by atoms with Gasteiger partial charge in [-0.05, 0) is 23.8 Å². The smallest absolute Gasteiger partial charge is 0.263 e. The van der Waals surface area contributed by atoms with Crippen molar-refractivity contribution in [3.05, 3.63) is 63.6 Å². The fraction of sp³-hybridized carbons (Fsp3) is 0.143. The lowest BCUT2D eigenvalue weighted by molar-refractivity contribution is 0.151. The van der Waals surface area contributed by atoms with Gasteiger partial charge in [0.2, 0.25) is 0 Å². The maximum absolute atomic E-state index is 12.4. The number of hydrogen-bond acceptors (Lipinski definition) is 1. The molecular weight excluding hydrogens is 291 g/mol. The highest BCUT2D eigenvalue weighted by Gasteiger charge is 2.06. The van der Waals surface area contributed by atoms with E-state index >= 15 is 0 Å². The average Bonchev–Trinajstić information content (AvgIpc) is 2.38. The molecule has 0 aliphatic rings. The molecule has 0 heterocycles. The van der Waals surface area contributed by atoms with Gasteiger partial charge in [-0.1, -0.05) is 47.5 Å². The molecule has 1 nitrogen and oxygen atoms in total. The summed E-state index contributed by atoms with van der Waals surface area (Å²) in [4.78, 5) is 0. The number of nitrogens with one attached hydrogen (secondary N) is 1. The van der Waals surface area contributed by atoms with Crippen LogP contribution in [0.15, 0.2) is 42.5 Å². The van der Waals surface area contributed by atoms with Gasteiger partial charge in [0.1, 0.15) is 0 Å². The lowest BCUT2D eigenvalue weighted by Gasteiger charge is -2.09. The summed E-state index contributed by atoms with van der Waals surface area (Å²) in [5.41, 5.74) is 1.67. The maximum atomic E-state index is 12.4. The molecule has 0 spiro atoms. The Hall–Kier alpha value is -1.32. The lowest BCUT2D eigenvalue weighted by atomic mass is 10.1. The van der Waals surface area contributed by atoms with Gasteiger partial charge in [0.15, 0.2) is 0 Å². The second kappa shape index (κ2) is 6.22. The Bertz CT molecular complexity index is 556. The minimum absolute atomic E-state index is 0.0216. The van der Waals surface area contributed by atoms with Crippen LogP contribution < -0.4 is 5.32 Å². The molecule has 5 heteroatoms. The van der Waals surface area contributed by atoms with E-state index in [0.29, 0.717) is 16.6 Å². The molecule has 0 atom stereocenters. The van der Waals surface area contributed by atoms with E-state index in [1.54, 1.807) is 30.3 Å². The third-order valence-corrected chi connectivity index (χ3v) is 3.19. The summed E-state index contributed by atoms with van der Waals surface area (Å²) in [6, 6.07) is 11.3. The first-order valence-electron chi connectivity index (χ1n) is 5.62. The summed E-state index contributed by atoms with van der Waals surface area (Å²) in [5.74, 6) is 0. The number of alkyl halides is 2. The second-order valence-corrected chi connectivity index (χ2v) is 4.86. The first-order chi connectivity index (χ1) is 9.06. The van der Waals surface area contributed by atoms with Crippen LogP contribution in [0.2, 0.25) is 10.0 Å². The third-order valence-electron chi connectivity index (χ3n) is 2.65. The van der Waals surface area contributed by atoms with Gasteiger partial charge in [0.25, 0.3) is 6.43 Å². The summed E-state index contributed by atoms with van der Waals surface area (Å²) >= 11 is 11.8. The molecule has 0 saturated heterocycles. The monoisotopic (exact) mass is 301 g/mol. The van der Waals surface area contributed by atoms with Gasteiger partial charge >= 0.3 is 0 Å². The molecule has 0 amide bonds. The normalized spacial score (nSPS) is 10.8. The van der Waals surface area contributed by atoms with Crippen LogP contribution in [0.5, 0.6) is 0 Å². The van der Waals surface area contributed by atoms with E-state index in [4.69, 9.17) is 23.2 Å². The molecule has 2 aromatic carbocycles. The molecule has 0 radical (unpaired) electrons. The minimum atomic E-state index is -2.44. The molecule has 0 aliphatic carbocycles. The number of rotatable bonds is 4. The Labute approximate surface area is 120 Å². The van der Waals surface area contributed by atoms with Crippen molar-refractivity contribution in [1.82, 2.24) is 0 Å². The molecule has 0 aromatic heterocycles. The van der Waals surface area contributed by atoms with Crippen LogP contribution in [0.1, 0.15) is 17.6 Å². The van der Waals surface area contributed by atoms with Crippen LogP contribution in [-0.4, -0.2) is 0 Å². The summed E-state index contributed by atoms with van der Waals surface area (Å²) < 4.78 is 24.8. The number of anilines is 1. The van der Waals surface area contributed by atoms with E-state index in [1.807, 2.05) is 0 Å². The van der Waals surface area contributed by atoms with Gasteiger partial charge in [-0.15, -0.1) is 0 Å². The predicted octanol–water partition coefficient (Wildman–Crippen LogP) is 5.54. The first kappa shape index (κ1) is 14.1. The van der Waals surface area contributed by atoms with E-state index in [0.717, 1.165) is 11.3 Å². The molecule has 0 fully saturated rings. The molecule has 100 valence electrons. The molecule has 2 rings (SSSR count). The average molecular weight is 302 g/mol. The van der Waals surface area contributed by atoms with Crippen molar-refractivity contribution < 1.29 is 8.78 Å². The van der Waals surface area contributed by atoms with Gasteiger partial charge in [0, 0.05) is 17.1 Å². The van der Waals surface area contributed by atoms with Crippen molar-refractivity contribution in [2.45, 2.75) is 13.0 Å². The Morgan fingerprint density at radius 1 is 1.00 bits per heavy atom. The van der Waals surface area contributed by atoms with Crippen LogP contribution in [0, 0.1) is 0 Å². The van der Waals surface area contributed by atoms with Crippen molar-refractivity contribution in [1.29, 1.82) is 0 Å². The van der Waals surface area contributed by atoms with Crippen LogP contribution >= 0.6 is 23.2 Å². The summed E-state index contributed by atoms with van der Waals surface area (Å²) in [7, 11) is 0. The van der Waals surface area contributed by atoms with Gasteiger partial charge in [-0.3, -0.25) is 0 Å². The molecule has 2 aromatic rings. The van der Waals surface area contributed by atoms with Crippen molar-refractivity contribution in [3.63, 3.8) is 0 Å². The summed E-state index contributed by atoms with van der Waals surface area (Å²) in [6.07, 6.45) is -2.44. The van der Waals surface area contributed by atoms with Crippen LogP contribution in [0.4, 0.5) is 14.5 Å². The first-order valence-corrected chi connectivity index (χ1v) is 6.38. The van der Waals surface area contributed by atoms with Gasteiger partial charge in [-0.25, -0.2) is 8.78 Å². The Morgan fingerprint density at radius 2 is 1.68 bits per heavy atom. The Kier molecular flexibility index (Phi) is 4.61. The zero-order valence-electron chi connectivity index (χ0n) is 9.84. The zero-order chi connectivity index (χ0) is 13.8. The molecule has 0 aliphatic heterocycles. The molecule has 0 unspecified atom stereocenters. The number of benzene rings is 2. The largest absolute Gasteiger partial charge is 0.380 e. The molecule has 0 bridgehead atoms. The fourth-order valence-electron chi connectivity index (χ4n) is 1.61. The van der Waals surface area contributed by atoms with E-state index in [1.165, 1.54) is 12.1 Å². The van der Waals surface area contributed by atoms with Crippen molar-refractivity contribution >= 4 is 28.9 Å². The van der Waals surface area contributed by atoms with Crippen molar-refractivity contribution in [3.8, 4) is 0 Å². The number of hydrogen-bond donors (Lipinski definition) is 1. The maximum Gasteiger partial charge on any atom is 0.263 e. The van der Waals surface area contributed by atoms with Crippen LogP contribution in [-0.2, 0) is 6.54 Å². The minimum Gasteiger partial charge on any atom is -0.380 e. The van der Waals surface area contributed by atoms with E-state index in [-0.39, 0.29) is 5.56 Å². The SMILES string of the molecule is FC(F)c1ccc(CNc2ccc(Cl)cc2Cl)cc1. The molecular formula is C14H11Cl2F2N. The van der Waals surface area contributed by atoms with Crippen LogP contribution in [0.3, 0.4) is 0 Å². The highest BCUT2D eigenvalue weighted by Crippen LogP contribution is 2.26. The van der Waals surface area contributed by atoms with Gasteiger partial charge in [-0.2, -0.15) is 0 Å². The molecule has 19 heavy (non-hydrogen) atoms. The van der Waals surface area contributed by atoms with E-state index in [2.05, 4.69) is 5.32 Å². The Morgan fingerprint density at radius 3 is 2.26 bits per heavy atom. The highest BCUT2D eigenvalue weighted by atomic mass is 35.5. The summed E-state index contributed by atoms with van der Waals surface area (Å²) in [6.45, 7) is 0.505. The quantitative estimate of drug-likeness (QED) is 0.781. The summed E-state index contributed by atoms with van der Waals surface area (Å²) in [5, 5.41) is 4.22. The fourth-order valence-corrected chi connectivity index (χ4v) is 2.09. The standard InChI is InChI=1S/C14H11Cl2F2N/c15-11-5-6-13(12(16)7-11)19-8-9-1-3-10(4-2-9)14(17)18/h1-7,14,19H,8H2. The van der Waals surface area contributed by atoms with E-state index < -0.39 is 6.43 Å². The lowest BCUT2D eigenvalue weighted by Crippen LogP contribution is -2.00. The molecule has 1 N–H and O–H groups in total. The highest BCUT2D eigenvalue weighted by molar-refractivity contribution is 6.36. The zero-order valence-corrected chi connectivity index (χ0v) is 11.3. The topological polar surface area (TPSA) is 12.0 Å². The molecule has 0 saturated carbocycles. The van der Waals surface area contributed by atoms with Gasteiger partial charge in [0.05, 0.1) is 10.7 Å². The number of halogens is 4. The predicted molar refractivity (Wildman–Crippen MR) is 75.2 cm³/mol. The second-order valence-electron chi connectivity index (χ2n) is 4.02. The Balaban J connectivity index is 2.02. The van der Waals surface area contributed by atoms with E-state index in [9.17, 15) is 8.78 Å². The van der Waals surface area contributed by atoms with Crippen LogP contribution in [0.25, 0.3) is 0 Å².